The average molecular weight is 409 g/mol. The zero-order chi connectivity index (χ0) is 21.7. The third-order valence-corrected chi connectivity index (χ3v) is 4.04. The first-order valence-corrected chi connectivity index (χ1v) is 8.49. The number of hydrogen-bond acceptors (Lipinski definition) is 9. The van der Waals surface area contributed by atoms with Gasteiger partial charge in [0.05, 0.1) is 9.85 Å². The van der Waals surface area contributed by atoms with Gasteiger partial charge in [-0.1, -0.05) is 18.2 Å². The zero-order valence-corrected chi connectivity index (χ0v) is 15.5. The number of non-ortho nitro benzene ring substituents is 1. The van der Waals surface area contributed by atoms with Crippen molar-refractivity contribution in [2.45, 2.75) is 6.92 Å². The summed E-state index contributed by atoms with van der Waals surface area (Å²) in [5, 5.41) is 25.2. The SMILES string of the molecule is Cc1ccccc1Nc1ncnc(NNC(=O)c2ccc([N+](=O)[O-])cc2)c1[N+](=O)[O-]. The lowest BCUT2D eigenvalue weighted by molar-refractivity contribution is -0.384. The van der Waals surface area contributed by atoms with Gasteiger partial charge in [-0.15, -0.1) is 0 Å². The number of nitrogens with zero attached hydrogens (tertiary/aromatic N) is 4. The normalized spacial score (nSPS) is 10.2. The number of para-hydroxylation sites is 1. The van der Waals surface area contributed by atoms with Crippen LogP contribution in [0.1, 0.15) is 15.9 Å². The van der Waals surface area contributed by atoms with Gasteiger partial charge in [-0.25, -0.2) is 9.97 Å². The number of nitrogens with one attached hydrogen (secondary N) is 3. The highest BCUT2D eigenvalue weighted by Gasteiger charge is 2.24. The summed E-state index contributed by atoms with van der Waals surface area (Å²) < 4.78 is 0. The second-order valence-electron chi connectivity index (χ2n) is 6.00. The molecule has 3 aromatic rings. The largest absolute Gasteiger partial charge is 0.355 e. The summed E-state index contributed by atoms with van der Waals surface area (Å²) in [4.78, 5) is 41.0. The van der Waals surface area contributed by atoms with E-state index in [0.717, 1.165) is 11.9 Å². The lowest BCUT2D eigenvalue weighted by Crippen LogP contribution is -2.30. The van der Waals surface area contributed by atoms with Crippen molar-refractivity contribution >= 4 is 34.6 Å². The van der Waals surface area contributed by atoms with E-state index in [1.54, 1.807) is 12.1 Å². The molecule has 12 heteroatoms. The Morgan fingerprint density at radius 2 is 1.60 bits per heavy atom. The highest BCUT2D eigenvalue weighted by molar-refractivity contribution is 5.95. The van der Waals surface area contributed by atoms with Gasteiger partial charge in [-0.05, 0) is 30.7 Å². The molecular weight excluding hydrogens is 394 g/mol. The standard InChI is InChI=1S/C18H15N7O5/c1-11-4-2-3-5-14(11)21-16-15(25(29)30)17(20-10-19-16)22-23-18(26)12-6-8-13(9-7-12)24(27)28/h2-10H,1H3,(H,23,26)(H2,19,20,21,22). The van der Waals surface area contributed by atoms with Crippen molar-refractivity contribution in [1.82, 2.24) is 15.4 Å². The first-order valence-electron chi connectivity index (χ1n) is 8.49. The molecule has 0 unspecified atom stereocenters. The lowest BCUT2D eigenvalue weighted by atomic mass is 10.2. The fourth-order valence-electron chi connectivity index (χ4n) is 2.50. The van der Waals surface area contributed by atoms with Crippen LogP contribution in [0, 0.1) is 27.2 Å². The Labute approximate surface area is 169 Å². The van der Waals surface area contributed by atoms with E-state index in [1.807, 2.05) is 19.1 Å². The number of aromatic nitrogens is 2. The molecule has 0 atom stereocenters. The van der Waals surface area contributed by atoms with Crippen LogP contribution in [-0.4, -0.2) is 25.7 Å². The summed E-state index contributed by atoms with van der Waals surface area (Å²) >= 11 is 0. The van der Waals surface area contributed by atoms with E-state index in [9.17, 15) is 25.0 Å². The Morgan fingerprint density at radius 1 is 0.933 bits per heavy atom. The minimum atomic E-state index is -0.680. The van der Waals surface area contributed by atoms with Crippen LogP contribution < -0.4 is 16.2 Å². The van der Waals surface area contributed by atoms with Gasteiger partial charge < -0.3 is 5.32 Å². The van der Waals surface area contributed by atoms with Gasteiger partial charge in [0.25, 0.3) is 11.6 Å². The monoisotopic (exact) mass is 409 g/mol. The Kier molecular flexibility index (Phi) is 5.77. The van der Waals surface area contributed by atoms with Crippen molar-refractivity contribution < 1.29 is 14.6 Å². The Hall–Kier alpha value is -4.61. The molecule has 1 heterocycles. The summed E-state index contributed by atoms with van der Waals surface area (Å²) in [6, 6.07) is 12.0. The molecule has 1 amide bonds. The van der Waals surface area contributed by atoms with Crippen LogP contribution in [0.3, 0.4) is 0 Å². The highest BCUT2D eigenvalue weighted by Crippen LogP contribution is 2.31. The van der Waals surface area contributed by atoms with E-state index >= 15 is 0 Å². The van der Waals surface area contributed by atoms with Gasteiger partial charge in [0.15, 0.2) is 0 Å². The number of hydrogen-bond donors (Lipinski definition) is 3. The minimum Gasteiger partial charge on any atom is -0.334 e. The van der Waals surface area contributed by atoms with Gasteiger partial charge >= 0.3 is 5.69 Å². The second-order valence-corrected chi connectivity index (χ2v) is 6.00. The fraction of sp³-hybridized carbons (Fsp3) is 0.0556. The number of hydrazine groups is 1. The van der Waals surface area contributed by atoms with E-state index in [4.69, 9.17) is 0 Å². The first-order chi connectivity index (χ1) is 14.4. The number of benzene rings is 2. The molecule has 0 aliphatic heterocycles. The van der Waals surface area contributed by atoms with Gasteiger partial charge in [-0.3, -0.25) is 35.9 Å². The maximum absolute atomic E-state index is 12.2. The molecule has 0 aliphatic carbocycles. The number of carbonyl (C=O) groups is 1. The van der Waals surface area contributed by atoms with E-state index < -0.39 is 21.4 Å². The zero-order valence-electron chi connectivity index (χ0n) is 15.5. The Morgan fingerprint density at radius 3 is 2.23 bits per heavy atom. The maximum Gasteiger partial charge on any atom is 0.355 e. The number of carbonyl (C=O) groups excluding carboxylic acids is 1. The molecular formula is C18H15N7O5. The van der Waals surface area contributed by atoms with E-state index in [1.165, 1.54) is 24.3 Å². The average Bonchev–Trinajstić information content (AvgIpc) is 2.73. The van der Waals surface area contributed by atoms with E-state index in [0.29, 0.717) is 5.69 Å². The van der Waals surface area contributed by atoms with Crippen molar-refractivity contribution in [3.63, 3.8) is 0 Å². The number of aryl methyl sites for hydroxylation is 1. The maximum atomic E-state index is 12.2. The van der Waals surface area contributed by atoms with Crippen LogP contribution in [-0.2, 0) is 0 Å². The minimum absolute atomic E-state index is 0.0589. The van der Waals surface area contributed by atoms with Crippen molar-refractivity contribution in [1.29, 1.82) is 0 Å². The third-order valence-electron chi connectivity index (χ3n) is 4.04. The number of nitro benzene ring substituents is 1. The number of nitro groups is 2. The number of amides is 1. The Balaban J connectivity index is 1.80. The molecule has 0 bridgehead atoms. The third kappa shape index (κ3) is 4.44. The second kappa shape index (κ2) is 8.60. The van der Waals surface area contributed by atoms with Crippen LogP contribution in [0.25, 0.3) is 0 Å². The summed E-state index contributed by atoms with van der Waals surface area (Å²) in [5.41, 5.74) is 5.64. The molecule has 30 heavy (non-hydrogen) atoms. The lowest BCUT2D eigenvalue weighted by Gasteiger charge is -2.12. The molecule has 3 N–H and O–H groups in total. The molecule has 0 spiro atoms. The van der Waals surface area contributed by atoms with Gasteiger partial charge in [0, 0.05) is 23.4 Å². The smallest absolute Gasteiger partial charge is 0.334 e. The van der Waals surface area contributed by atoms with Crippen molar-refractivity contribution in [2.24, 2.45) is 0 Å². The molecule has 12 nitrogen and oxygen atoms in total. The quantitative estimate of drug-likeness (QED) is 0.392. The predicted octanol–water partition coefficient (Wildman–Crippen LogP) is 3.10. The van der Waals surface area contributed by atoms with Gasteiger partial charge in [0.2, 0.25) is 11.6 Å². The van der Waals surface area contributed by atoms with Crippen LogP contribution in [0.5, 0.6) is 0 Å². The molecule has 3 rings (SSSR count). The molecule has 1 aromatic heterocycles. The molecule has 0 fully saturated rings. The summed E-state index contributed by atoms with van der Waals surface area (Å²) in [5.74, 6) is -0.955. The van der Waals surface area contributed by atoms with Crippen LogP contribution in [0.15, 0.2) is 54.9 Å². The van der Waals surface area contributed by atoms with Crippen LogP contribution >= 0.6 is 0 Å². The Bertz CT molecular complexity index is 1120. The summed E-state index contributed by atoms with van der Waals surface area (Å²) in [6.07, 6.45) is 1.11. The van der Waals surface area contributed by atoms with Crippen molar-refractivity contribution in [3.05, 3.63) is 86.2 Å². The topological polar surface area (TPSA) is 165 Å². The van der Waals surface area contributed by atoms with Crippen LogP contribution in [0.2, 0.25) is 0 Å². The number of rotatable bonds is 7. The molecule has 0 saturated carbocycles. The fourth-order valence-corrected chi connectivity index (χ4v) is 2.50. The van der Waals surface area contributed by atoms with Gasteiger partial charge in [0.1, 0.15) is 6.33 Å². The summed E-state index contributed by atoms with van der Waals surface area (Å²) in [7, 11) is 0. The first kappa shape index (κ1) is 20.1. The molecule has 152 valence electrons. The van der Waals surface area contributed by atoms with Crippen molar-refractivity contribution in [2.75, 3.05) is 10.7 Å². The number of anilines is 3. The van der Waals surface area contributed by atoms with E-state index in [2.05, 4.69) is 26.1 Å². The predicted molar refractivity (Wildman–Crippen MR) is 107 cm³/mol. The molecule has 0 saturated heterocycles. The van der Waals surface area contributed by atoms with E-state index in [-0.39, 0.29) is 22.9 Å². The van der Waals surface area contributed by atoms with Crippen LogP contribution in [0.4, 0.5) is 28.7 Å². The highest BCUT2D eigenvalue weighted by atomic mass is 16.6. The van der Waals surface area contributed by atoms with Gasteiger partial charge in [-0.2, -0.15) is 0 Å². The molecule has 0 aliphatic rings. The molecule has 2 aromatic carbocycles. The van der Waals surface area contributed by atoms with Crippen molar-refractivity contribution in [3.8, 4) is 0 Å². The summed E-state index contributed by atoms with van der Waals surface area (Å²) in [6.45, 7) is 1.83. The molecule has 0 radical (unpaired) electrons.